The van der Waals surface area contributed by atoms with Gasteiger partial charge in [0, 0.05) is 52.4 Å². The zero-order chi connectivity index (χ0) is 18.2. The van der Waals surface area contributed by atoms with Gasteiger partial charge < -0.3 is 24.2 Å². The van der Waals surface area contributed by atoms with E-state index in [0.29, 0.717) is 72.1 Å². The first-order valence-electron chi connectivity index (χ1n) is 8.88. The summed E-state index contributed by atoms with van der Waals surface area (Å²) in [6.45, 7) is 9.16. The van der Waals surface area contributed by atoms with Gasteiger partial charge in [0.15, 0.2) is 0 Å². The molecule has 0 aromatic heterocycles. The largest absolute Gasteiger partial charge is 0.450 e. The van der Waals surface area contributed by atoms with Crippen LogP contribution in [-0.2, 0) is 14.3 Å². The molecule has 0 aromatic rings. The van der Waals surface area contributed by atoms with E-state index >= 15 is 0 Å². The van der Waals surface area contributed by atoms with Crippen molar-refractivity contribution in [3.63, 3.8) is 0 Å². The number of hydrogen-bond donors (Lipinski definition) is 0. The summed E-state index contributed by atoms with van der Waals surface area (Å²) in [5.41, 5.74) is 0. The third kappa shape index (κ3) is 5.48. The van der Waals surface area contributed by atoms with Crippen LogP contribution in [0.25, 0.3) is 0 Å². The van der Waals surface area contributed by atoms with Crippen molar-refractivity contribution >= 4 is 18.1 Å². The molecule has 2 aliphatic heterocycles. The van der Waals surface area contributed by atoms with Crippen molar-refractivity contribution < 1.29 is 23.9 Å². The highest BCUT2D eigenvalue weighted by atomic mass is 16.6. The molecule has 0 atom stereocenters. The number of hydrogen-bond acceptors (Lipinski definition) is 6. The molecule has 2 aliphatic rings. The smallest absolute Gasteiger partial charge is 0.409 e. The van der Waals surface area contributed by atoms with Gasteiger partial charge in [-0.3, -0.25) is 9.69 Å². The van der Waals surface area contributed by atoms with Crippen LogP contribution in [0.15, 0.2) is 0 Å². The summed E-state index contributed by atoms with van der Waals surface area (Å²) in [7, 11) is 0. The van der Waals surface area contributed by atoms with Crippen LogP contribution >= 0.6 is 0 Å². The Morgan fingerprint density at radius 1 is 0.680 bits per heavy atom. The molecule has 0 radical (unpaired) electrons. The Bertz CT molecular complexity index is 471. The maximum atomic E-state index is 12.4. The third-order valence-corrected chi connectivity index (χ3v) is 4.42. The number of carbonyl (C=O) groups excluding carboxylic acids is 3. The van der Waals surface area contributed by atoms with Crippen LogP contribution < -0.4 is 0 Å². The standard InChI is InChI=1S/C16H28N4O5/c1-3-24-15(22)19-7-5-17(6-8-19)13-14(21)18-9-11-20(12-10-18)16(23)25-4-2/h3-13H2,1-2H3. The van der Waals surface area contributed by atoms with Gasteiger partial charge in [-0.1, -0.05) is 0 Å². The van der Waals surface area contributed by atoms with E-state index in [1.54, 1.807) is 28.5 Å². The Balaban J connectivity index is 1.70. The maximum Gasteiger partial charge on any atom is 0.409 e. The number of amides is 3. The Labute approximate surface area is 148 Å². The molecule has 0 spiro atoms. The SMILES string of the molecule is CCOC(=O)N1CCN(CC(=O)N2CCN(C(=O)OCC)CC2)CC1. The first-order valence-corrected chi connectivity index (χ1v) is 8.88. The second-order valence-electron chi connectivity index (χ2n) is 6.03. The fraction of sp³-hybridized carbons (Fsp3) is 0.812. The van der Waals surface area contributed by atoms with Gasteiger partial charge >= 0.3 is 12.2 Å². The lowest BCUT2D eigenvalue weighted by molar-refractivity contribution is -0.134. The Kier molecular flexibility index (Phi) is 7.30. The van der Waals surface area contributed by atoms with Crippen LogP contribution in [0.4, 0.5) is 9.59 Å². The normalized spacial score (nSPS) is 18.9. The minimum Gasteiger partial charge on any atom is -0.450 e. The number of nitrogens with zero attached hydrogens (tertiary/aromatic N) is 4. The molecule has 9 nitrogen and oxygen atoms in total. The zero-order valence-electron chi connectivity index (χ0n) is 15.1. The molecule has 0 N–H and O–H groups in total. The van der Waals surface area contributed by atoms with Crippen LogP contribution in [0, 0.1) is 0 Å². The summed E-state index contributed by atoms with van der Waals surface area (Å²) >= 11 is 0. The molecule has 3 amide bonds. The van der Waals surface area contributed by atoms with Gasteiger partial charge in [-0.2, -0.15) is 0 Å². The monoisotopic (exact) mass is 356 g/mol. The first-order chi connectivity index (χ1) is 12.0. The van der Waals surface area contributed by atoms with Crippen LogP contribution in [0.3, 0.4) is 0 Å². The summed E-state index contributed by atoms with van der Waals surface area (Å²) < 4.78 is 9.97. The van der Waals surface area contributed by atoms with E-state index in [4.69, 9.17) is 9.47 Å². The lowest BCUT2D eigenvalue weighted by atomic mass is 10.3. The van der Waals surface area contributed by atoms with Crippen LogP contribution in [-0.4, -0.2) is 110 Å². The van der Waals surface area contributed by atoms with E-state index < -0.39 is 0 Å². The quantitative estimate of drug-likeness (QED) is 0.708. The van der Waals surface area contributed by atoms with E-state index in [0.717, 1.165) is 0 Å². The zero-order valence-corrected chi connectivity index (χ0v) is 15.1. The average Bonchev–Trinajstić information content (AvgIpc) is 2.63. The summed E-state index contributed by atoms with van der Waals surface area (Å²) in [5.74, 6) is 0.0630. The molecule has 25 heavy (non-hydrogen) atoms. The highest BCUT2D eigenvalue weighted by Crippen LogP contribution is 2.08. The van der Waals surface area contributed by atoms with Crippen molar-refractivity contribution in [3.05, 3.63) is 0 Å². The van der Waals surface area contributed by atoms with Crippen molar-refractivity contribution in [2.45, 2.75) is 13.8 Å². The second-order valence-corrected chi connectivity index (χ2v) is 6.03. The van der Waals surface area contributed by atoms with E-state index in [1.165, 1.54) is 0 Å². The Hall–Kier alpha value is -2.03. The molecular weight excluding hydrogens is 328 g/mol. The molecule has 0 aromatic carbocycles. The van der Waals surface area contributed by atoms with Gasteiger partial charge in [-0.25, -0.2) is 9.59 Å². The third-order valence-electron chi connectivity index (χ3n) is 4.42. The highest BCUT2D eigenvalue weighted by molar-refractivity contribution is 5.79. The molecule has 0 unspecified atom stereocenters. The van der Waals surface area contributed by atoms with Crippen molar-refractivity contribution in [2.24, 2.45) is 0 Å². The summed E-state index contributed by atoms with van der Waals surface area (Å²) in [6, 6.07) is 0. The first kappa shape index (κ1) is 19.3. The molecule has 2 heterocycles. The van der Waals surface area contributed by atoms with Gasteiger partial charge in [0.05, 0.1) is 19.8 Å². The Morgan fingerprint density at radius 2 is 1.08 bits per heavy atom. The average molecular weight is 356 g/mol. The summed E-state index contributed by atoms with van der Waals surface area (Å²) in [4.78, 5) is 42.9. The fourth-order valence-corrected chi connectivity index (χ4v) is 2.95. The van der Waals surface area contributed by atoms with Crippen LogP contribution in [0.2, 0.25) is 0 Å². The minimum absolute atomic E-state index is 0.0630. The van der Waals surface area contributed by atoms with Gasteiger partial charge in [0.2, 0.25) is 5.91 Å². The number of rotatable bonds is 4. The van der Waals surface area contributed by atoms with Crippen molar-refractivity contribution in [3.8, 4) is 0 Å². The van der Waals surface area contributed by atoms with Crippen molar-refractivity contribution in [1.29, 1.82) is 0 Å². The van der Waals surface area contributed by atoms with E-state index in [2.05, 4.69) is 4.90 Å². The van der Waals surface area contributed by atoms with Gasteiger partial charge in [0.25, 0.3) is 0 Å². The number of piperazine rings is 2. The lowest BCUT2D eigenvalue weighted by Gasteiger charge is -2.37. The number of carbonyl (C=O) groups is 3. The van der Waals surface area contributed by atoms with Crippen molar-refractivity contribution in [2.75, 3.05) is 72.1 Å². The summed E-state index contributed by atoms with van der Waals surface area (Å²) in [5, 5.41) is 0. The lowest BCUT2D eigenvalue weighted by Crippen LogP contribution is -2.55. The molecule has 0 bridgehead atoms. The van der Waals surface area contributed by atoms with E-state index in [9.17, 15) is 14.4 Å². The van der Waals surface area contributed by atoms with Gasteiger partial charge in [-0.05, 0) is 13.8 Å². The predicted octanol–water partition coefficient (Wildman–Crippen LogP) is 0.0612. The van der Waals surface area contributed by atoms with Gasteiger partial charge in [-0.15, -0.1) is 0 Å². The predicted molar refractivity (Wildman–Crippen MR) is 90.2 cm³/mol. The molecule has 2 saturated heterocycles. The topological polar surface area (TPSA) is 82.6 Å². The second kappa shape index (κ2) is 9.45. The molecule has 0 aliphatic carbocycles. The minimum atomic E-state index is -0.315. The van der Waals surface area contributed by atoms with Crippen molar-refractivity contribution in [1.82, 2.24) is 19.6 Å². The Morgan fingerprint density at radius 3 is 1.52 bits per heavy atom. The maximum absolute atomic E-state index is 12.4. The molecular formula is C16H28N4O5. The molecule has 2 fully saturated rings. The summed E-state index contributed by atoms with van der Waals surface area (Å²) in [6.07, 6.45) is -0.603. The van der Waals surface area contributed by atoms with E-state index in [-0.39, 0.29) is 18.1 Å². The van der Waals surface area contributed by atoms with E-state index in [1.807, 2.05) is 0 Å². The molecule has 0 saturated carbocycles. The molecule has 142 valence electrons. The van der Waals surface area contributed by atoms with Crippen LogP contribution in [0.1, 0.15) is 13.8 Å². The molecule has 2 rings (SSSR count). The van der Waals surface area contributed by atoms with Gasteiger partial charge in [0.1, 0.15) is 0 Å². The fourth-order valence-electron chi connectivity index (χ4n) is 2.95. The number of ether oxygens (including phenoxy) is 2. The van der Waals surface area contributed by atoms with Crippen LogP contribution in [0.5, 0.6) is 0 Å². The highest BCUT2D eigenvalue weighted by Gasteiger charge is 2.28. The molecule has 9 heteroatoms.